The Balaban J connectivity index is 0. The standard InChI is InChI=1S/C3H8OP.ClH/c1-2-3-5-4;/h4H,2-3H2,1H3;1H. The second kappa shape index (κ2) is 9.19. The number of halogens is 1. The summed E-state index contributed by atoms with van der Waals surface area (Å²) in [6, 6.07) is 0. The number of rotatable bonds is 2. The van der Waals surface area contributed by atoms with Crippen LogP contribution in [0.1, 0.15) is 13.3 Å². The minimum Gasteiger partial charge on any atom is -0.367 e. The minimum absolute atomic E-state index is 0. The molecule has 1 radical (unpaired) electrons. The third kappa shape index (κ3) is 8.82. The molecule has 6 heavy (non-hydrogen) atoms. The predicted molar refractivity (Wildman–Crippen MR) is 31.5 cm³/mol. The Morgan fingerprint density at radius 2 is 2.17 bits per heavy atom. The van der Waals surface area contributed by atoms with Crippen molar-refractivity contribution in [3.8, 4) is 0 Å². The average Bonchev–Trinajstić information content (AvgIpc) is 1.41. The summed E-state index contributed by atoms with van der Waals surface area (Å²) in [5.74, 6) is 0. The zero-order chi connectivity index (χ0) is 4.12. The molecule has 0 saturated heterocycles. The predicted octanol–water partition coefficient (Wildman–Crippen LogP) is 1.67. The molecule has 0 aromatic heterocycles. The molecular weight excluding hydrogens is 118 g/mol. The first-order valence-corrected chi connectivity index (χ1v) is 2.76. The van der Waals surface area contributed by atoms with Gasteiger partial charge in [-0.25, -0.2) is 0 Å². The average molecular weight is 128 g/mol. The summed E-state index contributed by atoms with van der Waals surface area (Å²) in [4.78, 5) is 8.04. The first-order valence-electron chi connectivity index (χ1n) is 1.72. The second-order valence-electron chi connectivity index (χ2n) is 0.865. The van der Waals surface area contributed by atoms with E-state index in [0.29, 0.717) is 8.81 Å². The molecule has 0 aromatic carbocycles. The Labute approximate surface area is 46.4 Å². The molecule has 0 unspecified atom stereocenters. The van der Waals surface area contributed by atoms with Gasteiger partial charge in [-0.3, -0.25) is 0 Å². The van der Waals surface area contributed by atoms with Crippen molar-refractivity contribution < 1.29 is 4.89 Å². The molecule has 0 aromatic rings. The van der Waals surface area contributed by atoms with Crippen LogP contribution in [0, 0.1) is 0 Å². The second-order valence-corrected chi connectivity index (χ2v) is 1.60. The summed E-state index contributed by atoms with van der Waals surface area (Å²) in [6.45, 7) is 2.04. The molecular formula is C3H9ClOP. The summed E-state index contributed by atoms with van der Waals surface area (Å²) in [5, 5.41) is 0. The monoisotopic (exact) mass is 127 g/mol. The van der Waals surface area contributed by atoms with E-state index < -0.39 is 0 Å². The van der Waals surface area contributed by atoms with E-state index in [1.165, 1.54) is 0 Å². The van der Waals surface area contributed by atoms with E-state index in [9.17, 15) is 0 Å². The maximum Gasteiger partial charge on any atom is 0.0770 e. The molecule has 1 N–H and O–H groups in total. The summed E-state index contributed by atoms with van der Waals surface area (Å²) in [7, 11) is 0.530. The number of hydrogen-bond donors (Lipinski definition) is 1. The normalized spacial score (nSPS) is 9.00. The maximum atomic E-state index is 8.04. The van der Waals surface area contributed by atoms with Gasteiger partial charge in [0.15, 0.2) is 0 Å². The van der Waals surface area contributed by atoms with Crippen LogP contribution in [-0.2, 0) is 0 Å². The topological polar surface area (TPSA) is 20.2 Å². The van der Waals surface area contributed by atoms with Crippen molar-refractivity contribution in [2.45, 2.75) is 13.3 Å². The van der Waals surface area contributed by atoms with Crippen LogP contribution in [0.5, 0.6) is 0 Å². The van der Waals surface area contributed by atoms with E-state index in [4.69, 9.17) is 4.89 Å². The molecule has 0 amide bonds. The van der Waals surface area contributed by atoms with Crippen LogP contribution in [0.3, 0.4) is 0 Å². The Bertz CT molecular complexity index is 18.3. The van der Waals surface area contributed by atoms with Gasteiger partial charge >= 0.3 is 0 Å². The van der Waals surface area contributed by atoms with Crippen LogP contribution in [0.15, 0.2) is 0 Å². The lowest BCUT2D eigenvalue weighted by molar-refractivity contribution is 0.643. The Morgan fingerprint density at radius 1 is 1.67 bits per heavy atom. The molecule has 0 aliphatic carbocycles. The molecule has 1 nitrogen and oxygen atoms in total. The van der Waals surface area contributed by atoms with Crippen molar-refractivity contribution in [1.29, 1.82) is 0 Å². The van der Waals surface area contributed by atoms with Gasteiger partial charge in [0.1, 0.15) is 0 Å². The Morgan fingerprint density at radius 3 is 2.17 bits per heavy atom. The Hall–Kier alpha value is 0.680. The molecule has 0 aliphatic rings. The van der Waals surface area contributed by atoms with Gasteiger partial charge in [-0.2, -0.15) is 0 Å². The van der Waals surface area contributed by atoms with E-state index in [1.807, 2.05) is 6.92 Å². The molecule has 3 heteroatoms. The van der Waals surface area contributed by atoms with Crippen molar-refractivity contribution in [3.05, 3.63) is 0 Å². The molecule has 0 atom stereocenters. The minimum atomic E-state index is 0. The van der Waals surface area contributed by atoms with E-state index in [-0.39, 0.29) is 12.4 Å². The fraction of sp³-hybridized carbons (Fsp3) is 1.00. The quantitative estimate of drug-likeness (QED) is 0.560. The van der Waals surface area contributed by atoms with Gasteiger partial charge in [0, 0.05) is 0 Å². The van der Waals surface area contributed by atoms with E-state index >= 15 is 0 Å². The molecule has 0 heterocycles. The van der Waals surface area contributed by atoms with Crippen molar-refractivity contribution in [1.82, 2.24) is 0 Å². The summed E-state index contributed by atoms with van der Waals surface area (Å²) in [6.07, 6.45) is 2.00. The van der Waals surface area contributed by atoms with Crippen molar-refractivity contribution >= 4 is 21.2 Å². The zero-order valence-corrected chi connectivity index (χ0v) is 5.43. The van der Waals surface area contributed by atoms with E-state index in [1.54, 1.807) is 0 Å². The van der Waals surface area contributed by atoms with Gasteiger partial charge in [0.2, 0.25) is 0 Å². The van der Waals surface area contributed by atoms with Crippen LogP contribution in [0.25, 0.3) is 0 Å². The molecule has 0 rings (SSSR count). The first kappa shape index (κ1) is 9.84. The fourth-order valence-electron chi connectivity index (χ4n) is 0.1000. The van der Waals surface area contributed by atoms with Crippen LogP contribution in [0.2, 0.25) is 0 Å². The lowest BCUT2D eigenvalue weighted by Crippen LogP contribution is -1.62. The van der Waals surface area contributed by atoms with Gasteiger partial charge in [-0.05, 0) is 12.6 Å². The molecule has 39 valence electrons. The third-order valence-electron chi connectivity index (χ3n) is 0.324. The van der Waals surface area contributed by atoms with Gasteiger partial charge < -0.3 is 4.89 Å². The highest BCUT2D eigenvalue weighted by Crippen LogP contribution is 2.00. The fourth-order valence-corrected chi connectivity index (χ4v) is 0.300. The summed E-state index contributed by atoms with van der Waals surface area (Å²) < 4.78 is 0. The van der Waals surface area contributed by atoms with E-state index in [0.717, 1.165) is 12.6 Å². The van der Waals surface area contributed by atoms with Gasteiger partial charge in [-0.15, -0.1) is 12.4 Å². The van der Waals surface area contributed by atoms with Crippen LogP contribution >= 0.6 is 21.2 Å². The zero-order valence-electron chi connectivity index (χ0n) is 3.72. The highest BCUT2D eigenvalue weighted by atomic mass is 35.5. The van der Waals surface area contributed by atoms with Gasteiger partial charge in [0.05, 0.1) is 8.81 Å². The largest absolute Gasteiger partial charge is 0.367 e. The lowest BCUT2D eigenvalue weighted by atomic mass is 10.6. The number of hydrogen-bond acceptors (Lipinski definition) is 1. The van der Waals surface area contributed by atoms with Crippen LogP contribution in [-0.4, -0.2) is 11.1 Å². The van der Waals surface area contributed by atoms with Gasteiger partial charge in [-0.1, -0.05) is 6.92 Å². The van der Waals surface area contributed by atoms with Crippen molar-refractivity contribution in [2.24, 2.45) is 0 Å². The van der Waals surface area contributed by atoms with E-state index in [2.05, 4.69) is 0 Å². The lowest BCUT2D eigenvalue weighted by Gasteiger charge is -1.77. The third-order valence-corrected chi connectivity index (χ3v) is 0.971. The van der Waals surface area contributed by atoms with Crippen LogP contribution in [0.4, 0.5) is 0 Å². The molecule has 0 bridgehead atoms. The highest BCUT2D eigenvalue weighted by molar-refractivity contribution is 7.31. The summed E-state index contributed by atoms with van der Waals surface area (Å²) >= 11 is 0. The highest BCUT2D eigenvalue weighted by Gasteiger charge is 1.71. The Kier molecular flexibility index (Phi) is 15.1. The van der Waals surface area contributed by atoms with Crippen molar-refractivity contribution in [3.63, 3.8) is 0 Å². The molecule has 0 saturated carbocycles. The summed E-state index contributed by atoms with van der Waals surface area (Å²) in [5.41, 5.74) is 0. The molecule has 0 fully saturated rings. The van der Waals surface area contributed by atoms with Crippen molar-refractivity contribution in [2.75, 3.05) is 6.16 Å². The smallest absolute Gasteiger partial charge is 0.0770 e. The first-order chi connectivity index (χ1) is 2.41. The maximum absolute atomic E-state index is 8.04. The SMILES string of the molecule is CCC[P]O.Cl. The molecule has 0 spiro atoms. The van der Waals surface area contributed by atoms with Crippen LogP contribution < -0.4 is 0 Å². The van der Waals surface area contributed by atoms with Gasteiger partial charge in [0.25, 0.3) is 0 Å². The molecule has 0 aliphatic heterocycles.